The van der Waals surface area contributed by atoms with Gasteiger partial charge in [-0.3, -0.25) is 4.79 Å². The number of carboxylic acids is 1. The second-order valence-corrected chi connectivity index (χ2v) is 5.25. The fourth-order valence-electron chi connectivity index (χ4n) is 2.41. The first-order valence-electron chi connectivity index (χ1n) is 6.27. The molecule has 1 aliphatic rings. The molecular weight excluding hydrogens is 252 g/mol. The summed E-state index contributed by atoms with van der Waals surface area (Å²) in [5.74, 6) is 0.450. The number of carbonyl (C=O) groups is 1. The summed E-state index contributed by atoms with van der Waals surface area (Å²) in [5, 5.41) is 9.45. The molecule has 0 radical (unpaired) electrons. The normalized spacial score (nSPS) is 23.6. The lowest BCUT2D eigenvalue weighted by Gasteiger charge is -2.28. The molecule has 1 saturated carbocycles. The van der Waals surface area contributed by atoms with E-state index in [1.54, 1.807) is 0 Å². The molecule has 1 aromatic carbocycles. The monoisotopic (exact) mass is 268 g/mol. The van der Waals surface area contributed by atoms with Crippen molar-refractivity contribution in [3.05, 3.63) is 29.3 Å². The van der Waals surface area contributed by atoms with Gasteiger partial charge in [0.2, 0.25) is 0 Å². The first kappa shape index (κ1) is 13.2. The van der Waals surface area contributed by atoms with Crippen LogP contribution >= 0.6 is 11.6 Å². The maximum atomic E-state index is 10.6. The first-order chi connectivity index (χ1) is 8.63. The molecule has 0 bridgehead atoms. The Hall–Kier alpha value is -1.22. The van der Waals surface area contributed by atoms with Crippen molar-refractivity contribution >= 4 is 17.6 Å². The quantitative estimate of drug-likeness (QED) is 0.905. The van der Waals surface area contributed by atoms with Gasteiger partial charge in [0.1, 0.15) is 5.75 Å². The number of halogens is 1. The van der Waals surface area contributed by atoms with Crippen LogP contribution in [0.2, 0.25) is 5.02 Å². The molecule has 0 amide bonds. The molecule has 0 unspecified atom stereocenters. The second-order valence-electron chi connectivity index (χ2n) is 4.81. The van der Waals surface area contributed by atoms with Gasteiger partial charge in [0, 0.05) is 11.4 Å². The van der Waals surface area contributed by atoms with E-state index in [4.69, 9.17) is 21.4 Å². The zero-order valence-electron chi connectivity index (χ0n) is 10.1. The van der Waals surface area contributed by atoms with E-state index in [0.717, 1.165) is 31.4 Å². The van der Waals surface area contributed by atoms with Crippen molar-refractivity contribution in [2.24, 2.45) is 5.92 Å². The van der Waals surface area contributed by atoms with Gasteiger partial charge in [-0.05, 0) is 55.9 Å². The molecule has 0 saturated heterocycles. The van der Waals surface area contributed by atoms with Crippen LogP contribution in [0.1, 0.15) is 32.1 Å². The van der Waals surface area contributed by atoms with E-state index >= 15 is 0 Å². The number of rotatable bonds is 4. The van der Waals surface area contributed by atoms with E-state index in [-0.39, 0.29) is 12.5 Å². The Kier molecular flexibility index (Phi) is 4.48. The summed E-state index contributed by atoms with van der Waals surface area (Å²) in [6.45, 7) is 0. The van der Waals surface area contributed by atoms with Gasteiger partial charge in [-0.2, -0.15) is 0 Å². The second kappa shape index (κ2) is 6.10. The Morgan fingerprint density at radius 3 is 2.39 bits per heavy atom. The van der Waals surface area contributed by atoms with Crippen molar-refractivity contribution in [2.45, 2.75) is 38.2 Å². The molecule has 98 valence electrons. The van der Waals surface area contributed by atoms with Crippen LogP contribution in [0, 0.1) is 5.92 Å². The molecule has 0 heterocycles. The maximum Gasteiger partial charge on any atom is 0.303 e. The molecule has 18 heavy (non-hydrogen) atoms. The van der Waals surface area contributed by atoms with Gasteiger partial charge in [-0.1, -0.05) is 11.6 Å². The Labute approximate surface area is 112 Å². The number of ether oxygens (including phenoxy) is 1. The molecule has 0 aliphatic heterocycles. The molecule has 0 aromatic heterocycles. The third-order valence-corrected chi connectivity index (χ3v) is 3.63. The van der Waals surface area contributed by atoms with Crippen molar-refractivity contribution < 1.29 is 14.6 Å². The predicted octanol–water partition coefficient (Wildman–Crippen LogP) is 3.75. The van der Waals surface area contributed by atoms with Crippen LogP contribution < -0.4 is 4.74 Å². The number of aliphatic carboxylic acids is 1. The average Bonchev–Trinajstić information content (AvgIpc) is 2.34. The van der Waals surface area contributed by atoms with E-state index in [1.165, 1.54) is 0 Å². The minimum Gasteiger partial charge on any atom is -0.490 e. The van der Waals surface area contributed by atoms with E-state index in [0.29, 0.717) is 10.9 Å². The summed E-state index contributed by atoms with van der Waals surface area (Å²) in [6.07, 6.45) is 4.22. The molecule has 0 spiro atoms. The van der Waals surface area contributed by atoms with E-state index in [9.17, 15) is 4.79 Å². The highest BCUT2D eigenvalue weighted by molar-refractivity contribution is 6.30. The van der Waals surface area contributed by atoms with Crippen molar-refractivity contribution in [2.75, 3.05) is 0 Å². The highest BCUT2D eigenvalue weighted by Gasteiger charge is 2.23. The predicted molar refractivity (Wildman–Crippen MR) is 70.1 cm³/mol. The van der Waals surface area contributed by atoms with Crippen LogP contribution in [0.25, 0.3) is 0 Å². The lowest BCUT2D eigenvalue weighted by atomic mass is 9.85. The molecule has 1 fully saturated rings. The number of hydrogen-bond donors (Lipinski definition) is 1. The van der Waals surface area contributed by atoms with Gasteiger partial charge >= 0.3 is 5.97 Å². The summed E-state index contributed by atoms with van der Waals surface area (Å²) >= 11 is 5.81. The SMILES string of the molecule is O=C(O)CC1CCC(Oc2ccc(Cl)cc2)CC1. The van der Waals surface area contributed by atoms with Crippen LogP contribution in [0.5, 0.6) is 5.75 Å². The summed E-state index contributed by atoms with van der Waals surface area (Å²) < 4.78 is 5.86. The zero-order valence-corrected chi connectivity index (χ0v) is 10.9. The van der Waals surface area contributed by atoms with Gasteiger partial charge in [0.25, 0.3) is 0 Å². The summed E-state index contributed by atoms with van der Waals surface area (Å²) in [6, 6.07) is 7.36. The van der Waals surface area contributed by atoms with E-state index in [2.05, 4.69) is 0 Å². The Morgan fingerprint density at radius 1 is 1.22 bits per heavy atom. The van der Waals surface area contributed by atoms with Gasteiger partial charge in [0.15, 0.2) is 0 Å². The Bertz CT molecular complexity index is 394. The molecule has 3 nitrogen and oxygen atoms in total. The summed E-state index contributed by atoms with van der Waals surface area (Å²) in [5.41, 5.74) is 0. The van der Waals surface area contributed by atoms with Crippen LogP contribution in [0.3, 0.4) is 0 Å². The lowest BCUT2D eigenvalue weighted by molar-refractivity contribution is -0.138. The minimum atomic E-state index is -0.697. The maximum absolute atomic E-state index is 10.6. The number of carboxylic acid groups (broad SMARTS) is 1. The highest BCUT2D eigenvalue weighted by atomic mass is 35.5. The minimum absolute atomic E-state index is 0.205. The van der Waals surface area contributed by atoms with E-state index < -0.39 is 5.97 Å². The topological polar surface area (TPSA) is 46.5 Å². The smallest absolute Gasteiger partial charge is 0.303 e. The molecule has 4 heteroatoms. The van der Waals surface area contributed by atoms with Gasteiger partial charge in [0.05, 0.1) is 6.10 Å². The van der Waals surface area contributed by atoms with Crippen LogP contribution in [0.15, 0.2) is 24.3 Å². The Balaban J connectivity index is 1.79. The molecule has 1 N–H and O–H groups in total. The van der Waals surface area contributed by atoms with Gasteiger partial charge in [-0.15, -0.1) is 0 Å². The fourth-order valence-corrected chi connectivity index (χ4v) is 2.53. The molecule has 1 aromatic rings. The van der Waals surface area contributed by atoms with Crippen molar-refractivity contribution in [1.82, 2.24) is 0 Å². The van der Waals surface area contributed by atoms with Gasteiger partial charge in [-0.25, -0.2) is 0 Å². The molecular formula is C14H17ClO3. The van der Waals surface area contributed by atoms with E-state index in [1.807, 2.05) is 24.3 Å². The van der Waals surface area contributed by atoms with Crippen LogP contribution in [0.4, 0.5) is 0 Å². The van der Waals surface area contributed by atoms with Crippen molar-refractivity contribution in [1.29, 1.82) is 0 Å². The zero-order chi connectivity index (χ0) is 13.0. The fraction of sp³-hybridized carbons (Fsp3) is 0.500. The van der Waals surface area contributed by atoms with Crippen LogP contribution in [-0.2, 0) is 4.79 Å². The summed E-state index contributed by atoms with van der Waals surface area (Å²) in [7, 11) is 0. The van der Waals surface area contributed by atoms with Crippen molar-refractivity contribution in [3.8, 4) is 5.75 Å². The number of hydrogen-bond acceptors (Lipinski definition) is 2. The van der Waals surface area contributed by atoms with Crippen LogP contribution in [-0.4, -0.2) is 17.2 Å². The third kappa shape index (κ3) is 3.91. The van der Waals surface area contributed by atoms with Gasteiger partial charge < -0.3 is 9.84 Å². The first-order valence-corrected chi connectivity index (χ1v) is 6.65. The summed E-state index contributed by atoms with van der Waals surface area (Å²) in [4.78, 5) is 10.6. The average molecular weight is 269 g/mol. The standard InChI is InChI=1S/C14H17ClO3/c15-11-3-7-13(8-4-11)18-12-5-1-10(2-6-12)9-14(16)17/h3-4,7-8,10,12H,1-2,5-6,9H2,(H,16,17). The highest BCUT2D eigenvalue weighted by Crippen LogP contribution is 2.29. The number of benzene rings is 1. The molecule has 1 aliphatic carbocycles. The van der Waals surface area contributed by atoms with Crippen molar-refractivity contribution in [3.63, 3.8) is 0 Å². The third-order valence-electron chi connectivity index (χ3n) is 3.37. The lowest BCUT2D eigenvalue weighted by Crippen LogP contribution is -2.25. The Morgan fingerprint density at radius 2 is 1.83 bits per heavy atom. The molecule has 2 rings (SSSR count). The molecule has 0 atom stereocenters. The largest absolute Gasteiger partial charge is 0.490 e.